The molecular formula is C34H54N2O6S. The van der Waals surface area contributed by atoms with Crippen LogP contribution in [0.25, 0.3) is 0 Å². The zero-order valence-electron chi connectivity index (χ0n) is 26.6. The van der Waals surface area contributed by atoms with E-state index in [0.29, 0.717) is 41.9 Å². The molecule has 1 aromatic rings. The number of nitrogens with zero attached hydrogens (tertiary/aromatic N) is 2. The van der Waals surface area contributed by atoms with Gasteiger partial charge in [0.05, 0.1) is 18.0 Å². The molecule has 0 aromatic carbocycles. The van der Waals surface area contributed by atoms with Gasteiger partial charge in [-0.25, -0.2) is 0 Å². The molecule has 242 valence electrons. The summed E-state index contributed by atoms with van der Waals surface area (Å²) in [7, 11) is -4.19. The van der Waals surface area contributed by atoms with Crippen LogP contribution in [0.4, 0.5) is 0 Å². The Balaban J connectivity index is 1.27. The van der Waals surface area contributed by atoms with Crippen LogP contribution in [0.15, 0.2) is 24.5 Å². The molecule has 0 spiro atoms. The molecule has 4 saturated carbocycles. The van der Waals surface area contributed by atoms with Crippen LogP contribution in [0.2, 0.25) is 0 Å². The molecule has 0 unspecified atom stereocenters. The summed E-state index contributed by atoms with van der Waals surface area (Å²) in [6.07, 6.45) is 12.1. The maximum atomic E-state index is 13.4. The van der Waals surface area contributed by atoms with Gasteiger partial charge in [0.2, 0.25) is 5.91 Å². The van der Waals surface area contributed by atoms with Crippen LogP contribution in [0.3, 0.4) is 0 Å². The minimum Gasteiger partial charge on any atom is -0.393 e. The van der Waals surface area contributed by atoms with E-state index >= 15 is 0 Å². The molecule has 0 radical (unpaired) electrons. The number of aliphatic hydroxyl groups is 2. The lowest BCUT2D eigenvalue weighted by Gasteiger charge is -2.64. The number of aromatic nitrogens is 1. The van der Waals surface area contributed by atoms with E-state index in [1.165, 1.54) is 4.90 Å². The van der Waals surface area contributed by atoms with Crippen LogP contribution in [-0.2, 0) is 21.5 Å². The van der Waals surface area contributed by atoms with Crippen molar-refractivity contribution in [3.8, 4) is 0 Å². The number of rotatable bonds is 10. The maximum Gasteiger partial charge on any atom is 0.266 e. The van der Waals surface area contributed by atoms with Gasteiger partial charge in [-0.2, -0.15) is 8.42 Å². The summed E-state index contributed by atoms with van der Waals surface area (Å²) in [4.78, 5) is 19.1. The highest BCUT2D eigenvalue weighted by molar-refractivity contribution is 7.85. The Labute approximate surface area is 258 Å². The van der Waals surface area contributed by atoms with E-state index in [1.54, 1.807) is 18.5 Å². The fourth-order valence-corrected chi connectivity index (χ4v) is 11.3. The molecule has 1 heterocycles. The summed E-state index contributed by atoms with van der Waals surface area (Å²) in [5, 5.41) is 22.5. The van der Waals surface area contributed by atoms with Gasteiger partial charge in [0.15, 0.2) is 0 Å². The van der Waals surface area contributed by atoms with E-state index in [2.05, 4.69) is 32.7 Å². The summed E-state index contributed by atoms with van der Waals surface area (Å²) in [5.74, 6) is 2.12. The fourth-order valence-electron chi connectivity index (χ4n) is 10.9. The van der Waals surface area contributed by atoms with Crippen molar-refractivity contribution < 1.29 is 28.0 Å². The number of fused-ring (bicyclic) bond motifs is 5. The van der Waals surface area contributed by atoms with Gasteiger partial charge < -0.3 is 15.1 Å². The molecule has 4 aliphatic carbocycles. The van der Waals surface area contributed by atoms with Crippen molar-refractivity contribution in [3.05, 3.63) is 30.1 Å². The first-order chi connectivity index (χ1) is 20.3. The second kappa shape index (κ2) is 12.7. The van der Waals surface area contributed by atoms with Crippen LogP contribution in [-0.4, -0.2) is 63.5 Å². The number of hydrogen-bond donors (Lipinski definition) is 3. The Morgan fingerprint density at radius 3 is 2.49 bits per heavy atom. The molecule has 8 nitrogen and oxygen atoms in total. The molecule has 1 aromatic heterocycles. The Morgan fingerprint density at radius 1 is 1.09 bits per heavy atom. The van der Waals surface area contributed by atoms with E-state index in [0.717, 1.165) is 63.4 Å². The fraction of sp³-hybridized carbons (Fsp3) is 0.824. The molecule has 0 saturated heterocycles. The Hall–Kier alpha value is -1.55. The smallest absolute Gasteiger partial charge is 0.266 e. The minimum atomic E-state index is -4.19. The second-order valence-corrected chi connectivity index (χ2v) is 16.7. The van der Waals surface area contributed by atoms with Crippen molar-refractivity contribution in [1.82, 2.24) is 9.88 Å². The van der Waals surface area contributed by atoms with Gasteiger partial charge in [0, 0.05) is 31.9 Å². The lowest BCUT2D eigenvalue weighted by molar-refractivity contribution is -0.203. The Morgan fingerprint density at radius 2 is 1.81 bits per heavy atom. The van der Waals surface area contributed by atoms with Gasteiger partial charge in [0.25, 0.3) is 10.1 Å². The molecule has 43 heavy (non-hydrogen) atoms. The average molecular weight is 619 g/mol. The predicted molar refractivity (Wildman–Crippen MR) is 166 cm³/mol. The van der Waals surface area contributed by atoms with Gasteiger partial charge in [-0.1, -0.05) is 40.2 Å². The van der Waals surface area contributed by atoms with Crippen molar-refractivity contribution in [3.63, 3.8) is 0 Å². The SMILES string of the molecule is CC[C@H]1[C@@H](O)[C@@H]2[C@H](CC[C@]3(C)[C@@H]([C@H](C)CCC(=O)N(CCS(=O)(=O)O)Cc4cccnc4)CC[C@@H]23)[C@@]2(C)CC[C@@H](O)C[C@@H]12. The number of amides is 1. The summed E-state index contributed by atoms with van der Waals surface area (Å²) >= 11 is 0. The van der Waals surface area contributed by atoms with Crippen LogP contribution in [0.1, 0.15) is 97.5 Å². The molecule has 0 bridgehead atoms. The molecular weight excluding hydrogens is 564 g/mol. The minimum absolute atomic E-state index is 0.0551. The van der Waals surface area contributed by atoms with Gasteiger partial charge in [-0.15, -0.1) is 0 Å². The van der Waals surface area contributed by atoms with Gasteiger partial charge >= 0.3 is 0 Å². The third-order valence-electron chi connectivity index (χ3n) is 13.0. The molecule has 5 rings (SSSR count). The van der Waals surface area contributed by atoms with E-state index < -0.39 is 15.9 Å². The predicted octanol–water partition coefficient (Wildman–Crippen LogP) is 5.34. The van der Waals surface area contributed by atoms with E-state index in [-0.39, 0.29) is 48.0 Å². The standard InChI is InChI=1S/C34H54N2O6S/c1-5-25-29-19-24(37)12-14-34(29,4)28-13-15-33(3)26(9-10-27(33)31(28)32(25)39)22(2)8-11-30(38)36(17-18-43(40,41)42)21-23-7-6-16-35-20-23/h6-7,16,20,22,24-29,31-32,37,39H,5,8-15,17-19,21H2,1-4H3,(H,40,41,42)/t22-,24-,25-,26-,27+,28+,29+,31+,32-,33-,34-/m1/s1. The van der Waals surface area contributed by atoms with Crippen molar-refractivity contribution in [2.45, 2.75) is 111 Å². The highest BCUT2D eigenvalue weighted by Gasteiger charge is 2.64. The maximum absolute atomic E-state index is 13.4. The van der Waals surface area contributed by atoms with E-state index in [1.807, 2.05) is 6.07 Å². The number of carbonyl (C=O) groups is 1. The highest BCUT2D eigenvalue weighted by atomic mass is 32.2. The first-order valence-electron chi connectivity index (χ1n) is 16.8. The quantitative estimate of drug-likeness (QED) is 0.302. The normalized spacial score (nSPS) is 39.8. The molecule has 4 aliphatic rings. The van der Waals surface area contributed by atoms with Crippen LogP contribution in [0, 0.1) is 52.3 Å². The second-order valence-electron chi connectivity index (χ2n) is 15.1. The largest absolute Gasteiger partial charge is 0.393 e. The molecule has 4 fully saturated rings. The monoisotopic (exact) mass is 618 g/mol. The van der Waals surface area contributed by atoms with Crippen molar-refractivity contribution >= 4 is 16.0 Å². The molecule has 0 aliphatic heterocycles. The number of carbonyl (C=O) groups excluding carboxylic acids is 1. The Kier molecular flexibility index (Phi) is 9.68. The summed E-state index contributed by atoms with van der Waals surface area (Å²) < 4.78 is 32.3. The highest BCUT2D eigenvalue weighted by Crippen LogP contribution is 2.69. The third-order valence-corrected chi connectivity index (χ3v) is 13.7. The van der Waals surface area contributed by atoms with Crippen LogP contribution in [0.5, 0.6) is 0 Å². The molecule has 9 heteroatoms. The lowest BCUT2D eigenvalue weighted by atomic mass is 9.41. The molecule has 1 amide bonds. The van der Waals surface area contributed by atoms with E-state index in [4.69, 9.17) is 0 Å². The molecule has 3 N–H and O–H groups in total. The van der Waals surface area contributed by atoms with Crippen molar-refractivity contribution in [2.75, 3.05) is 12.3 Å². The van der Waals surface area contributed by atoms with Crippen molar-refractivity contribution in [1.29, 1.82) is 0 Å². The summed E-state index contributed by atoms with van der Waals surface area (Å²) in [6, 6.07) is 3.65. The third kappa shape index (κ3) is 6.43. The zero-order valence-corrected chi connectivity index (χ0v) is 27.4. The average Bonchev–Trinajstić information content (AvgIpc) is 3.32. The number of aliphatic hydroxyl groups excluding tert-OH is 2. The zero-order chi connectivity index (χ0) is 31.2. The lowest BCUT2D eigenvalue weighted by Crippen LogP contribution is -2.62. The Bertz CT molecular complexity index is 1230. The van der Waals surface area contributed by atoms with E-state index in [9.17, 15) is 28.0 Å². The summed E-state index contributed by atoms with van der Waals surface area (Å²) in [6.45, 7) is 9.61. The number of hydrogen-bond acceptors (Lipinski definition) is 6. The van der Waals surface area contributed by atoms with Crippen LogP contribution >= 0.6 is 0 Å². The topological polar surface area (TPSA) is 128 Å². The number of pyridine rings is 1. The first kappa shape index (κ1) is 32.8. The van der Waals surface area contributed by atoms with Crippen LogP contribution < -0.4 is 0 Å². The van der Waals surface area contributed by atoms with Gasteiger partial charge in [0.1, 0.15) is 0 Å². The van der Waals surface area contributed by atoms with Gasteiger partial charge in [-0.3, -0.25) is 14.3 Å². The summed E-state index contributed by atoms with van der Waals surface area (Å²) in [5.41, 5.74) is 1.13. The van der Waals surface area contributed by atoms with Gasteiger partial charge in [-0.05, 0) is 115 Å². The molecule has 11 atom stereocenters. The van der Waals surface area contributed by atoms with Crippen molar-refractivity contribution in [2.24, 2.45) is 52.3 Å². The first-order valence-corrected chi connectivity index (χ1v) is 18.4.